The topological polar surface area (TPSA) is 89.3 Å². The summed E-state index contributed by atoms with van der Waals surface area (Å²) in [5.74, 6) is 5.39. The maximum atomic E-state index is 11.3. The first-order chi connectivity index (χ1) is 9.70. The molecule has 0 bridgehead atoms. The summed E-state index contributed by atoms with van der Waals surface area (Å²) >= 11 is 6.07. The monoisotopic (exact) mass is 292 g/mol. The van der Waals surface area contributed by atoms with Crippen LogP contribution >= 0.6 is 11.6 Å². The number of urea groups is 1. The Morgan fingerprint density at radius 1 is 1.30 bits per heavy atom. The zero-order chi connectivity index (χ0) is 14.4. The maximum Gasteiger partial charge on any atom is 0.333 e. The van der Waals surface area contributed by atoms with E-state index < -0.39 is 6.03 Å². The molecule has 2 amide bonds. The van der Waals surface area contributed by atoms with Gasteiger partial charge in [-0.15, -0.1) is 0 Å². The SMILES string of the molecule is NNC(=O)Nc1cccc(Cl)c1OCc1ccccn1. The van der Waals surface area contributed by atoms with E-state index in [1.54, 1.807) is 24.4 Å². The van der Waals surface area contributed by atoms with E-state index >= 15 is 0 Å². The Labute approximate surface area is 120 Å². The van der Waals surface area contributed by atoms with Crippen molar-refractivity contribution in [3.8, 4) is 5.75 Å². The first-order valence-corrected chi connectivity index (χ1v) is 6.17. The number of nitrogens with two attached hydrogens (primary N) is 1. The van der Waals surface area contributed by atoms with Crippen LogP contribution in [0.25, 0.3) is 0 Å². The zero-order valence-electron chi connectivity index (χ0n) is 10.5. The minimum absolute atomic E-state index is 0.240. The summed E-state index contributed by atoms with van der Waals surface area (Å²) < 4.78 is 5.62. The van der Waals surface area contributed by atoms with Crippen LogP contribution in [0.1, 0.15) is 5.69 Å². The summed E-state index contributed by atoms with van der Waals surface area (Å²) in [7, 11) is 0. The third-order valence-corrected chi connectivity index (χ3v) is 2.73. The molecule has 104 valence electrons. The number of aromatic nitrogens is 1. The largest absolute Gasteiger partial charge is 0.484 e. The number of anilines is 1. The molecule has 0 unspecified atom stereocenters. The molecule has 0 saturated carbocycles. The molecule has 1 aromatic heterocycles. The average molecular weight is 293 g/mol. The van der Waals surface area contributed by atoms with Crippen molar-refractivity contribution in [3.05, 3.63) is 53.3 Å². The molecule has 0 spiro atoms. The van der Waals surface area contributed by atoms with Gasteiger partial charge < -0.3 is 10.1 Å². The molecule has 0 atom stereocenters. The smallest absolute Gasteiger partial charge is 0.333 e. The Hall–Kier alpha value is -2.31. The molecule has 1 heterocycles. The zero-order valence-corrected chi connectivity index (χ0v) is 11.2. The highest BCUT2D eigenvalue weighted by Crippen LogP contribution is 2.33. The van der Waals surface area contributed by atoms with Gasteiger partial charge in [-0.25, -0.2) is 10.6 Å². The van der Waals surface area contributed by atoms with Gasteiger partial charge in [0.1, 0.15) is 6.61 Å². The van der Waals surface area contributed by atoms with Gasteiger partial charge in [0.15, 0.2) is 5.75 Å². The molecule has 7 heteroatoms. The van der Waals surface area contributed by atoms with Crippen LogP contribution in [0.4, 0.5) is 10.5 Å². The fraction of sp³-hybridized carbons (Fsp3) is 0.0769. The summed E-state index contributed by atoms with van der Waals surface area (Å²) in [5.41, 5.74) is 3.15. The van der Waals surface area contributed by atoms with Crippen molar-refractivity contribution < 1.29 is 9.53 Å². The second-order valence-electron chi connectivity index (χ2n) is 3.82. The van der Waals surface area contributed by atoms with Gasteiger partial charge in [-0.3, -0.25) is 10.4 Å². The van der Waals surface area contributed by atoms with Crippen molar-refractivity contribution in [2.24, 2.45) is 5.84 Å². The summed E-state index contributed by atoms with van der Waals surface area (Å²) in [4.78, 5) is 15.4. The van der Waals surface area contributed by atoms with Gasteiger partial charge in [0.05, 0.1) is 16.4 Å². The standard InChI is InChI=1S/C13H13ClN4O2/c14-10-5-3-6-11(17-13(19)18-15)12(10)20-8-9-4-1-2-7-16-9/h1-7H,8,15H2,(H2,17,18,19). The highest BCUT2D eigenvalue weighted by atomic mass is 35.5. The number of nitrogens with one attached hydrogen (secondary N) is 2. The summed E-state index contributed by atoms with van der Waals surface area (Å²) in [5, 5.41) is 2.92. The van der Waals surface area contributed by atoms with Gasteiger partial charge in [-0.1, -0.05) is 23.7 Å². The molecule has 2 rings (SSSR count). The van der Waals surface area contributed by atoms with Gasteiger partial charge in [-0.2, -0.15) is 0 Å². The van der Waals surface area contributed by atoms with Crippen LogP contribution in [-0.2, 0) is 6.61 Å². The lowest BCUT2D eigenvalue weighted by Gasteiger charge is -2.13. The van der Waals surface area contributed by atoms with E-state index in [-0.39, 0.29) is 6.61 Å². The number of hydrogen-bond acceptors (Lipinski definition) is 4. The minimum Gasteiger partial charge on any atom is -0.484 e. The van der Waals surface area contributed by atoms with Crippen LogP contribution in [-0.4, -0.2) is 11.0 Å². The van der Waals surface area contributed by atoms with Crippen molar-refractivity contribution >= 4 is 23.3 Å². The Morgan fingerprint density at radius 3 is 2.85 bits per heavy atom. The van der Waals surface area contributed by atoms with Crippen molar-refractivity contribution in [1.29, 1.82) is 0 Å². The normalized spacial score (nSPS) is 9.90. The van der Waals surface area contributed by atoms with E-state index in [0.29, 0.717) is 16.5 Å². The van der Waals surface area contributed by atoms with Crippen LogP contribution in [0.2, 0.25) is 5.02 Å². The quantitative estimate of drug-likeness (QED) is 0.458. The molecule has 0 saturated heterocycles. The molecule has 0 aliphatic rings. The Balaban J connectivity index is 2.15. The number of rotatable bonds is 4. The van der Waals surface area contributed by atoms with Gasteiger partial charge >= 0.3 is 6.03 Å². The number of nitrogens with zero attached hydrogens (tertiary/aromatic N) is 1. The van der Waals surface area contributed by atoms with E-state index in [0.717, 1.165) is 5.69 Å². The van der Waals surface area contributed by atoms with Gasteiger partial charge in [0, 0.05) is 6.20 Å². The van der Waals surface area contributed by atoms with Gasteiger partial charge in [0.25, 0.3) is 0 Å². The van der Waals surface area contributed by atoms with Crippen molar-refractivity contribution in [2.75, 3.05) is 5.32 Å². The molecule has 0 aliphatic heterocycles. The van der Waals surface area contributed by atoms with Crippen LogP contribution in [0.3, 0.4) is 0 Å². The number of hydrogen-bond donors (Lipinski definition) is 3. The number of halogens is 1. The van der Waals surface area contributed by atoms with E-state index in [4.69, 9.17) is 22.2 Å². The minimum atomic E-state index is -0.560. The van der Waals surface area contributed by atoms with Crippen molar-refractivity contribution in [2.45, 2.75) is 6.61 Å². The van der Waals surface area contributed by atoms with Gasteiger partial charge in [0.2, 0.25) is 0 Å². The van der Waals surface area contributed by atoms with Crippen LogP contribution in [0.5, 0.6) is 5.75 Å². The molecule has 4 N–H and O–H groups in total. The maximum absolute atomic E-state index is 11.3. The average Bonchev–Trinajstić information content (AvgIpc) is 2.47. The van der Waals surface area contributed by atoms with Crippen LogP contribution in [0, 0.1) is 0 Å². The lowest BCUT2D eigenvalue weighted by molar-refractivity contribution is 0.252. The second-order valence-corrected chi connectivity index (χ2v) is 4.23. The van der Waals surface area contributed by atoms with E-state index in [9.17, 15) is 4.79 Å². The third-order valence-electron chi connectivity index (χ3n) is 2.44. The van der Waals surface area contributed by atoms with Crippen molar-refractivity contribution in [1.82, 2.24) is 10.4 Å². The molecule has 1 aromatic carbocycles. The molecule has 0 aliphatic carbocycles. The summed E-state index contributed by atoms with van der Waals surface area (Å²) in [6.45, 7) is 0.240. The Bertz CT molecular complexity index is 592. The Kier molecular flexibility index (Phi) is 4.75. The van der Waals surface area contributed by atoms with Crippen LogP contribution < -0.4 is 21.3 Å². The van der Waals surface area contributed by atoms with Crippen molar-refractivity contribution in [3.63, 3.8) is 0 Å². The Morgan fingerprint density at radius 2 is 2.15 bits per heavy atom. The molecule has 2 aromatic rings. The fourth-order valence-electron chi connectivity index (χ4n) is 1.54. The molecule has 0 radical (unpaired) electrons. The molecule has 6 nitrogen and oxygen atoms in total. The summed E-state index contributed by atoms with van der Waals surface area (Å²) in [6.07, 6.45) is 1.67. The number of carbonyl (C=O) groups is 1. The number of hydrazine groups is 1. The van der Waals surface area contributed by atoms with E-state index in [1.165, 1.54) is 0 Å². The lowest BCUT2D eigenvalue weighted by Crippen LogP contribution is -2.34. The predicted octanol–water partition coefficient (Wildman–Crippen LogP) is 2.31. The number of carbonyl (C=O) groups excluding carboxylic acids is 1. The van der Waals surface area contributed by atoms with E-state index in [1.807, 2.05) is 23.6 Å². The fourth-order valence-corrected chi connectivity index (χ4v) is 1.77. The number of benzene rings is 1. The van der Waals surface area contributed by atoms with Crippen LogP contribution in [0.15, 0.2) is 42.6 Å². The number of amides is 2. The summed E-state index contributed by atoms with van der Waals surface area (Å²) in [6, 6.07) is 9.97. The molecule has 0 fully saturated rings. The third kappa shape index (κ3) is 3.59. The van der Waals surface area contributed by atoms with Gasteiger partial charge in [-0.05, 0) is 24.3 Å². The lowest BCUT2D eigenvalue weighted by atomic mass is 10.3. The predicted molar refractivity (Wildman–Crippen MR) is 76.4 cm³/mol. The van der Waals surface area contributed by atoms with E-state index in [2.05, 4.69) is 10.3 Å². The first kappa shape index (κ1) is 14.1. The highest BCUT2D eigenvalue weighted by molar-refractivity contribution is 6.32. The molecular weight excluding hydrogens is 280 g/mol. The number of pyridine rings is 1. The first-order valence-electron chi connectivity index (χ1n) is 5.79. The number of para-hydroxylation sites is 1. The molecule has 20 heavy (non-hydrogen) atoms. The number of ether oxygens (including phenoxy) is 1. The second kappa shape index (κ2) is 6.74. The highest BCUT2D eigenvalue weighted by Gasteiger charge is 2.11. The molecular formula is C13H13ClN4O2.